The Kier molecular flexibility index (Phi) is 3.99. The maximum atomic E-state index is 5.73. The summed E-state index contributed by atoms with van der Waals surface area (Å²) in [6.45, 7) is 0.288. The van der Waals surface area contributed by atoms with Crippen LogP contribution in [0, 0.1) is 5.92 Å². The van der Waals surface area contributed by atoms with E-state index in [0.29, 0.717) is 4.32 Å². The maximum absolute atomic E-state index is 5.73. The van der Waals surface area contributed by atoms with Gasteiger partial charge in [-0.15, -0.1) is 0 Å². The Hall–Kier alpha value is -0.890. The maximum Gasteiger partial charge on any atom is 0.230 e. The van der Waals surface area contributed by atoms with Crippen LogP contribution in [0.5, 0.6) is 0 Å². The highest BCUT2D eigenvalue weighted by molar-refractivity contribution is 9.10. The van der Waals surface area contributed by atoms with Crippen molar-refractivity contribution in [3.8, 4) is 0 Å². The van der Waals surface area contributed by atoms with Gasteiger partial charge in [0.05, 0.1) is 4.20 Å². The first-order valence-corrected chi connectivity index (χ1v) is 9.49. The summed E-state index contributed by atoms with van der Waals surface area (Å²) in [6.07, 6.45) is 4.85. The topological polar surface area (TPSA) is 30.5 Å². The van der Waals surface area contributed by atoms with Gasteiger partial charge in [0, 0.05) is 16.8 Å². The summed E-state index contributed by atoms with van der Waals surface area (Å²) in [5.41, 5.74) is 0.587. The summed E-state index contributed by atoms with van der Waals surface area (Å²) in [4.78, 5) is 0. The number of nitrogens with one attached hydrogen (secondary N) is 1. The van der Waals surface area contributed by atoms with E-state index in [4.69, 9.17) is 33.9 Å². The third-order valence-corrected chi connectivity index (χ3v) is 6.46. The standard InChI is InChI=1S/C16H12BrNO2S3/c17-11-3-1-2-9(6-11)16(14(21)23-15(22)18-16)10-4-5-12-13(7-10)20-8-19-12/h1-6,10H,7-8H2,(H,18,22). The molecule has 7 heteroatoms. The van der Waals surface area contributed by atoms with Gasteiger partial charge in [-0.3, -0.25) is 0 Å². The highest BCUT2D eigenvalue weighted by atomic mass is 79.9. The van der Waals surface area contributed by atoms with Crippen molar-refractivity contribution >= 4 is 60.6 Å². The molecular formula is C16H12BrNO2S3. The Bertz CT molecular complexity index is 776. The SMILES string of the molecule is S=C1NC(c2cccc(Br)c2)(C2C=CC3=C(C2)OCO3)C(=S)S1. The molecule has 2 heterocycles. The van der Waals surface area contributed by atoms with Crippen molar-refractivity contribution < 1.29 is 9.47 Å². The molecule has 1 aliphatic carbocycles. The molecule has 2 aliphatic heterocycles. The van der Waals surface area contributed by atoms with E-state index in [-0.39, 0.29) is 12.7 Å². The first-order valence-electron chi connectivity index (χ1n) is 7.07. The van der Waals surface area contributed by atoms with Crippen LogP contribution in [0.2, 0.25) is 0 Å². The molecule has 1 aromatic rings. The van der Waals surface area contributed by atoms with Crippen LogP contribution in [-0.2, 0) is 15.0 Å². The van der Waals surface area contributed by atoms with Crippen molar-refractivity contribution in [2.24, 2.45) is 5.92 Å². The van der Waals surface area contributed by atoms with Crippen LogP contribution >= 0.6 is 52.1 Å². The molecule has 0 radical (unpaired) electrons. The molecular weight excluding hydrogens is 414 g/mol. The van der Waals surface area contributed by atoms with Crippen molar-refractivity contribution in [3.05, 3.63) is 58.0 Å². The molecule has 0 bridgehead atoms. The first kappa shape index (κ1) is 15.6. The van der Waals surface area contributed by atoms with Crippen LogP contribution in [0.25, 0.3) is 0 Å². The van der Waals surface area contributed by atoms with Gasteiger partial charge in [-0.05, 0) is 23.8 Å². The van der Waals surface area contributed by atoms with Gasteiger partial charge in [-0.2, -0.15) is 0 Å². The molecule has 3 nitrogen and oxygen atoms in total. The molecule has 0 amide bonds. The largest absolute Gasteiger partial charge is 0.458 e. The fraction of sp³-hybridized carbons (Fsp3) is 0.250. The van der Waals surface area contributed by atoms with Crippen molar-refractivity contribution in [3.63, 3.8) is 0 Å². The van der Waals surface area contributed by atoms with E-state index in [0.717, 1.165) is 32.2 Å². The number of rotatable bonds is 2. The Labute approximate surface area is 157 Å². The summed E-state index contributed by atoms with van der Waals surface area (Å²) in [6, 6.07) is 8.20. The predicted octanol–water partition coefficient (Wildman–Crippen LogP) is 4.39. The molecule has 2 atom stereocenters. The van der Waals surface area contributed by atoms with E-state index in [9.17, 15) is 0 Å². The Morgan fingerprint density at radius 1 is 1.30 bits per heavy atom. The number of thiocarbonyl (C=S) groups is 2. The van der Waals surface area contributed by atoms with Gasteiger partial charge in [-0.25, -0.2) is 0 Å². The summed E-state index contributed by atoms with van der Waals surface area (Å²) >= 11 is 16.1. The number of ether oxygens (including phenoxy) is 2. The lowest BCUT2D eigenvalue weighted by atomic mass is 9.75. The molecule has 1 N–H and O–H groups in total. The van der Waals surface area contributed by atoms with Gasteiger partial charge in [0.25, 0.3) is 0 Å². The zero-order chi connectivity index (χ0) is 16.0. The van der Waals surface area contributed by atoms with Crippen LogP contribution < -0.4 is 5.32 Å². The van der Waals surface area contributed by atoms with E-state index >= 15 is 0 Å². The first-order chi connectivity index (χ1) is 11.1. The normalized spacial score (nSPS) is 29.2. The molecule has 118 valence electrons. The second-order valence-corrected chi connectivity index (χ2v) is 8.75. The molecule has 2 unspecified atom stereocenters. The second kappa shape index (κ2) is 5.88. The average molecular weight is 426 g/mol. The minimum absolute atomic E-state index is 0.109. The van der Waals surface area contributed by atoms with Gasteiger partial charge in [-0.1, -0.05) is 70.3 Å². The highest BCUT2D eigenvalue weighted by Crippen LogP contribution is 2.47. The van der Waals surface area contributed by atoms with Crippen LogP contribution in [0.15, 0.2) is 52.4 Å². The Balaban J connectivity index is 1.80. The summed E-state index contributed by atoms with van der Waals surface area (Å²) < 4.78 is 13.6. The molecule has 1 saturated heterocycles. The highest BCUT2D eigenvalue weighted by Gasteiger charge is 2.50. The second-order valence-electron chi connectivity index (χ2n) is 5.48. The van der Waals surface area contributed by atoms with E-state index in [2.05, 4.69) is 39.5 Å². The molecule has 0 spiro atoms. The minimum Gasteiger partial charge on any atom is -0.458 e. The Morgan fingerprint density at radius 3 is 2.91 bits per heavy atom. The fourth-order valence-corrected chi connectivity index (χ4v) is 5.57. The quantitative estimate of drug-likeness (QED) is 0.707. The zero-order valence-electron chi connectivity index (χ0n) is 11.9. The number of hydrogen-bond donors (Lipinski definition) is 1. The van der Waals surface area contributed by atoms with Crippen molar-refractivity contribution in [2.45, 2.75) is 12.0 Å². The van der Waals surface area contributed by atoms with E-state index in [1.807, 2.05) is 18.2 Å². The van der Waals surface area contributed by atoms with Crippen LogP contribution in [-0.4, -0.2) is 15.3 Å². The van der Waals surface area contributed by atoms with E-state index in [1.165, 1.54) is 11.8 Å². The summed E-state index contributed by atoms with van der Waals surface area (Å²) in [5.74, 6) is 1.82. The van der Waals surface area contributed by atoms with Crippen molar-refractivity contribution in [1.82, 2.24) is 5.32 Å². The number of benzene rings is 1. The van der Waals surface area contributed by atoms with Crippen molar-refractivity contribution in [1.29, 1.82) is 0 Å². The smallest absolute Gasteiger partial charge is 0.230 e. The number of hydrogen-bond acceptors (Lipinski definition) is 5. The number of halogens is 1. The minimum atomic E-state index is -0.512. The Morgan fingerprint density at radius 2 is 2.17 bits per heavy atom. The third kappa shape index (κ3) is 2.54. The van der Waals surface area contributed by atoms with Crippen LogP contribution in [0.1, 0.15) is 12.0 Å². The van der Waals surface area contributed by atoms with Gasteiger partial charge in [0.1, 0.15) is 15.6 Å². The lowest BCUT2D eigenvalue weighted by molar-refractivity contribution is 0.0710. The average Bonchev–Trinajstić information content (AvgIpc) is 3.10. The molecule has 1 aromatic carbocycles. The van der Waals surface area contributed by atoms with E-state index < -0.39 is 5.54 Å². The van der Waals surface area contributed by atoms with Gasteiger partial charge >= 0.3 is 0 Å². The monoisotopic (exact) mass is 425 g/mol. The van der Waals surface area contributed by atoms with Crippen LogP contribution in [0.4, 0.5) is 0 Å². The number of allylic oxidation sites excluding steroid dienone is 2. The number of thioether (sulfide) groups is 1. The molecule has 0 aromatic heterocycles. The van der Waals surface area contributed by atoms with Gasteiger partial charge in [0.15, 0.2) is 5.76 Å². The van der Waals surface area contributed by atoms with Crippen molar-refractivity contribution in [2.75, 3.05) is 6.79 Å². The summed E-state index contributed by atoms with van der Waals surface area (Å²) in [7, 11) is 0. The van der Waals surface area contributed by atoms with Gasteiger partial charge < -0.3 is 14.8 Å². The fourth-order valence-electron chi connectivity index (χ4n) is 3.17. The molecule has 0 saturated carbocycles. The molecule has 3 aliphatic rings. The zero-order valence-corrected chi connectivity index (χ0v) is 15.9. The molecule has 23 heavy (non-hydrogen) atoms. The third-order valence-electron chi connectivity index (χ3n) is 4.25. The lowest BCUT2D eigenvalue weighted by Gasteiger charge is -2.37. The summed E-state index contributed by atoms with van der Waals surface area (Å²) in [5, 5.41) is 3.47. The predicted molar refractivity (Wildman–Crippen MR) is 103 cm³/mol. The lowest BCUT2D eigenvalue weighted by Crippen LogP contribution is -2.49. The van der Waals surface area contributed by atoms with Crippen LogP contribution in [0.3, 0.4) is 0 Å². The van der Waals surface area contributed by atoms with E-state index in [1.54, 1.807) is 0 Å². The molecule has 4 rings (SSSR count). The molecule has 1 fully saturated rings. The van der Waals surface area contributed by atoms with Gasteiger partial charge in [0.2, 0.25) is 6.79 Å².